The van der Waals surface area contributed by atoms with Crippen LogP contribution in [0.2, 0.25) is 0 Å². The number of rotatable bonds is 10. The number of amides is 2. The number of nitrogens with zero attached hydrogens (tertiary/aromatic N) is 1. The van der Waals surface area contributed by atoms with Crippen molar-refractivity contribution in [3.8, 4) is 0 Å². The number of thiazole rings is 1. The highest BCUT2D eigenvalue weighted by atomic mass is 32.1. The maximum Gasteiger partial charge on any atom is 0.252 e. The van der Waals surface area contributed by atoms with E-state index in [1.807, 2.05) is 6.92 Å². The van der Waals surface area contributed by atoms with E-state index in [0.29, 0.717) is 23.4 Å². The Labute approximate surface area is 157 Å². The molecule has 2 amide bonds. The van der Waals surface area contributed by atoms with E-state index in [2.05, 4.69) is 29.5 Å². The van der Waals surface area contributed by atoms with Crippen molar-refractivity contribution in [3.63, 3.8) is 0 Å². The molecule has 1 aromatic heterocycles. The van der Waals surface area contributed by atoms with Gasteiger partial charge in [-0.15, -0.1) is 24.0 Å². The van der Waals surface area contributed by atoms with Crippen molar-refractivity contribution in [2.24, 2.45) is 0 Å². The number of unbranched alkanes of at least 4 members (excludes halogenated alkanes) is 2. The van der Waals surface area contributed by atoms with Gasteiger partial charge in [0.1, 0.15) is 0 Å². The first-order valence-electron chi connectivity index (χ1n) is 7.84. The average molecular weight is 382 g/mol. The molecule has 1 rings (SSSR count). The molecule has 0 aliphatic heterocycles. The Hall–Kier alpha value is -1.90. The van der Waals surface area contributed by atoms with Crippen LogP contribution in [-0.4, -0.2) is 28.6 Å². The van der Waals surface area contributed by atoms with Crippen LogP contribution in [0.15, 0.2) is 34.7 Å². The molecule has 136 valence electrons. The molecular weight excluding hydrogens is 358 g/mol. The van der Waals surface area contributed by atoms with Gasteiger partial charge >= 0.3 is 0 Å². The van der Waals surface area contributed by atoms with Crippen LogP contribution in [0.3, 0.4) is 0 Å². The predicted octanol–water partition coefficient (Wildman–Crippen LogP) is 3.02. The maximum absolute atomic E-state index is 12.5. The molecule has 0 aliphatic carbocycles. The highest BCUT2D eigenvalue weighted by molar-refractivity contribution is 7.84. The lowest BCUT2D eigenvalue weighted by Crippen LogP contribution is -2.26. The zero-order chi connectivity index (χ0) is 18.7. The molecule has 0 radical (unpaired) electrons. The molecule has 0 bridgehead atoms. The fourth-order valence-corrected chi connectivity index (χ4v) is 2.98. The van der Waals surface area contributed by atoms with Crippen molar-refractivity contribution in [2.45, 2.75) is 32.6 Å². The number of aryl methyl sites for hydroxylation is 1. The van der Waals surface area contributed by atoms with Crippen LogP contribution < -0.4 is 10.8 Å². The largest absolute Gasteiger partial charge is 0.352 e. The van der Waals surface area contributed by atoms with Crippen molar-refractivity contribution in [2.75, 3.05) is 6.54 Å². The third-order valence-corrected chi connectivity index (χ3v) is 4.61. The third-order valence-electron chi connectivity index (χ3n) is 3.35. The van der Waals surface area contributed by atoms with Crippen molar-refractivity contribution in [1.82, 2.24) is 15.8 Å². The second-order valence-electron chi connectivity index (χ2n) is 5.25. The van der Waals surface area contributed by atoms with Gasteiger partial charge in [0.05, 0.1) is 21.7 Å². The summed E-state index contributed by atoms with van der Waals surface area (Å²) in [5.74, 6) is -0.618. The van der Waals surface area contributed by atoms with Crippen LogP contribution in [0.4, 0.5) is 0 Å². The number of carbonyl (C=O) groups excluding carboxylic acids is 2. The first-order valence-corrected chi connectivity index (χ1v) is 9.17. The Morgan fingerprint density at radius 3 is 2.76 bits per heavy atom. The first-order chi connectivity index (χ1) is 12.0. The summed E-state index contributed by atoms with van der Waals surface area (Å²) in [6, 6.07) is 0. The molecule has 8 heteroatoms. The standard InChI is InChI=1S/C17H23N3O3S2/c1-3-7-14(24)13(10-15-12(2)19-11-25-15)17(22)18-9-6-4-5-8-16(21)20-23/h3,7,10-11,23-24H,1,4-6,8-9H2,2H3,(H,18,22)(H,20,21)/b13-10+,14-7-. The normalized spacial score (nSPS) is 12.0. The molecule has 0 saturated carbocycles. The minimum Gasteiger partial charge on any atom is -0.352 e. The summed E-state index contributed by atoms with van der Waals surface area (Å²) in [4.78, 5) is 29.0. The van der Waals surface area contributed by atoms with Gasteiger partial charge in [-0.05, 0) is 31.9 Å². The Kier molecular flexibility index (Phi) is 9.83. The summed E-state index contributed by atoms with van der Waals surface area (Å²) in [6.45, 7) is 6.01. The summed E-state index contributed by atoms with van der Waals surface area (Å²) in [7, 11) is 0. The lowest BCUT2D eigenvalue weighted by Gasteiger charge is -2.09. The topological polar surface area (TPSA) is 91.3 Å². The number of hydrogen-bond acceptors (Lipinski definition) is 6. The summed E-state index contributed by atoms with van der Waals surface area (Å²) in [5, 5.41) is 11.3. The van der Waals surface area contributed by atoms with Gasteiger partial charge in [0.2, 0.25) is 5.91 Å². The number of aromatic nitrogens is 1. The van der Waals surface area contributed by atoms with E-state index >= 15 is 0 Å². The molecule has 6 nitrogen and oxygen atoms in total. The molecule has 0 aliphatic rings. The molecule has 0 saturated heterocycles. The number of nitrogens with one attached hydrogen (secondary N) is 2. The van der Waals surface area contributed by atoms with Gasteiger partial charge in [0.15, 0.2) is 0 Å². The van der Waals surface area contributed by atoms with E-state index in [1.54, 1.807) is 29.2 Å². The highest BCUT2D eigenvalue weighted by Gasteiger charge is 2.13. The maximum atomic E-state index is 12.5. The zero-order valence-electron chi connectivity index (χ0n) is 14.1. The number of thiol groups is 1. The van der Waals surface area contributed by atoms with Crippen LogP contribution in [-0.2, 0) is 9.59 Å². The molecule has 0 aromatic carbocycles. The monoisotopic (exact) mass is 381 g/mol. The Balaban J connectivity index is 2.61. The van der Waals surface area contributed by atoms with E-state index in [0.717, 1.165) is 23.4 Å². The van der Waals surface area contributed by atoms with Crippen LogP contribution >= 0.6 is 24.0 Å². The zero-order valence-corrected chi connectivity index (χ0v) is 15.8. The van der Waals surface area contributed by atoms with Gasteiger partial charge in [-0.2, -0.15) is 0 Å². The number of hydrogen-bond donors (Lipinski definition) is 4. The fourth-order valence-electron chi connectivity index (χ4n) is 1.98. The smallest absolute Gasteiger partial charge is 0.252 e. The molecule has 0 fully saturated rings. The molecule has 1 heterocycles. The number of hydroxylamine groups is 1. The van der Waals surface area contributed by atoms with Crippen LogP contribution in [0.25, 0.3) is 6.08 Å². The highest BCUT2D eigenvalue weighted by Crippen LogP contribution is 2.22. The lowest BCUT2D eigenvalue weighted by atomic mass is 10.1. The first kappa shape index (κ1) is 21.1. The van der Waals surface area contributed by atoms with E-state index < -0.39 is 5.91 Å². The summed E-state index contributed by atoms with van der Waals surface area (Å²) in [5.41, 5.74) is 4.64. The third kappa shape index (κ3) is 7.68. The SMILES string of the molecule is C=C/C=C(S)/C(=C\c1scnc1C)C(=O)NCCCCCC(=O)NO. The van der Waals surface area contributed by atoms with E-state index in [4.69, 9.17) is 5.21 Å². The molecule has 0 spiro atoms. The van der Waals surface area contributed by atoms with Gasteiger partial charge in [0.25, 0.3) is 5.91 Å². The second-order valence-corrected chi connectivity index (χ2v) is 6.62. The summed E-state index contributed by atoms with van der Waals surface area (Å²) >= 11 is 5.84. The molecule has 0 unspecified atom stereocenters. The average Bonchev–Trinajstić information content (AvgIpc) is 3.00. The Morgan fingerprint density at radius 1 is 1.40 bits per heavy atom. The quantitative estimate of drug-likeness (QED) is 0.125. The van der Waals surface area contributed by atoms with Gasteiger partial charge in [-0.3, -0.25) is 14.8 Å². The van der Waals surface area contributed by atoms with Crippen molar-refractivity contribution in [3.05, 3.63) is 45.3 Å². The van der Waals surface area contributed by atoms with Gasteiger partial charge < -0.3 is 5.32 Å². The van der Waals surface area contributed by atoms with Crippen LogP contribution in [0.1, 0.15) is 36.3 Å². The van der Waals surface area contributed by atoms with E-state index in [-0.39, 0.29) is 12.3 Å². The molecule has 1 aromatic rings. The summed E-state index contributed by atoms with van der Waals surface area (Å²) < 4.78 is 0. The van der Waals surface area contributed by atoms with Crippen LogP contribution in [0, 0.1) is 6.92 Å². The van der Waals surface area contributed by atoms with Gasteiger partial charge in [0, 0.05) is 17.9 Å². The molecular formula is C17H23N3O3S2. The molecule has 25 heavy (non-hydrogen) atoms. The minimum absolute atomic E-state index is 0.219. The van der Waals surface area contributed by atoms with Crippen LogP contribution in [0.5, 0.6) is 0 Å². The molecule has 3 N–H and O–H groups in total. The predicted molar refractivity (Wildman–Crippen MR) is 104 cm³/mol. The van der Waals surface area contributed by atoms with Crippen molar-refractivity contribution >= 4 is 41.9 Å². The fraction of sp³-hybridized carbons (Fsp3) is 0.353. The summed E-state index contributed by atoms with van der Waals surface area (Å²) in [6.07, 6.45) is 7.45. The van der Waals surface area contributed by atoms with Crippen molar-refractivity contribution in [1.29, 1.82) is 0 Å². The molecule has 0 atom stereocenters. The Morgan fingerprint density at radius 2 is 2.16 bits per heavy atom. The van der Waals surface area contributed by atoms with Gasteiger partial charge in [-0.1, -0.05) is 19.1 Å². The second kappa shape index (κ2) is 11.6. The van der Waals surface area contributed by atoms with Crippen molar-refractivity contribution < 1.29 is 14.8 Å². The number of allylic oxidation sites excluding steroid dienone is 2. The minimum atomic E-state index is -0.400. The number of carbonyl (C=O) groups is 2. The lowest BCUT2D eigenvalue weighted by molar-refractivity contribution is -0.129. The van der Waals surface area contributed by atoms with Gasteiger partial charge in [-0.25, -0.2) is 10.5 Å². The van der Waals surface area contributed by atoms with E-state index in [9.17, 15) is 9.59 Å². The Bertz CT molecular complexity index is 666. The van der Waals surface area contributed by atoms with E-state index in [1.165, 1.54) is 11.3 Å².